The van der Waals surface area contributed by atoms with Gasteiger partial charge in [0.05, 0.1) is 17.2 Å². The lowest BCUT2D eigenvalue weighted by Crippen LogP contribution is -2.53. The van der Waals surface area contributed by atoms with Gasteiger partial charge in [-0.3, -0.25) is 13.9 Å². The van der Waals surface area contributed by atoms with Crippen LogP contribution in [0.2, 0.25) is 0 Å². The average molecular weight is 721 g/mol. The molecule has 0 aromatic heterocycles. The van der Waals surface area contributed by atoms with Gasteiger partial charge in [0.2, 0.25) is 11.8 Å². The van der Waals surface area contributed by atoms with E-state index >= 15 is 0 Å². The molecule has 0 radical (unpaired) electrons. The molecule has 4 rings (SSSR count). The van der Waals surface area contributed by atoms with E-state index < -0.39 is 28.5 Å². The van der Waals surface area contributed by atoms with E-state index in [1.165, 1.54) is 17.0 Å². The molecular formula is C37H42BrN3O5S. The third-order valence-corrected chi connectivity index (χ3v) is 10.0. The Morgan fingerprint density at radius 1 is 0.851 bits per heavy atom. The number of carbonyl (C=O) groups excluding carboxylic acids is 2. The van der Waals surface area contributed by atoms with Crippen LogP contribution >= 0.6 is 15.9 Å². The first-order valence-corrected chi connectivity index (χ1v) is 18.0. The largest absolute Gasteiger partial charge is 0.494 e. The van der Waals surface area contributed by atoms with Crippen LogP contribution in [0.1, 0.15) is 43.4 Å². The van der Waals surface area contributed by atoms with Gasteiger partial charge in [-0.2, -0.15) is 0 Å². The van der Waals surface area contributed by atoms with Gasteiger partial charge in [0.1, 0.15) is 18.3 Å². The summed E-state index contributed by atoms with van der Waals surface area (Å²) < 4.78 is 36.0. The minimum Gasteiger partial charge on any atom is -0.494 e. The Labute approximate surface area is 286 Å². The summed E-state index contributed by atoms with van der Waals surface area (Å²) in [7, 11) is -4.19. The summed E-state index contributed by atoms with van der Waals surface area (Å²) in [6.07, 6.45) is 1.96. The predicted molar refractivity (Wildman–Crippen MR) is 190 cm³/mol. The van der Waals surface area contributed by atoms with Crippen molar-refractivity contribution in [1.82, 2.24) is 10.2 Å². The average Bonchev–Trinajstić information content (AvgIpc) is 3.07. The molecule has 0 bridgehead atoms. The molecule has 1 N–H and O–H groups in total. The number of hydrogen-bond donors (Lipinski definition) is 1. The molecule has 0 aliphatic rings. The fourth-order valence-corrected chi connectivity index (χ4v) is 6.77. The van der Waals surface area contributed by atoms with E-state index in [1.807, 2.05) is 75.4 Å². The minimum absolute atomic E-state index is 0.0578. The van der Waals surface area contributed by atoms with Gasteiger partial charge in [-0.15, -0.1) is 0 Å². The van der Waals surface area contributed by atoms with Gasteiger partial charge in [0.25, 0.3) is 10.0 Å². The Morgan fingerprint density at radius 2 is 1.51 bits per heavy atom. The maximum absolute atomic E-state index is 14.6. The normalized spacial score (nSPS) is 11.8. The number of hydrogen-bond acceptors (Lipinski definition) is 5. The lowest BCUT2D eigenvalue weighted by Gasteiger charge is -2.34. The quantitative estimate of drug-likeness (QED) is 0.127. The van der Waals surface area contributed by atoms with E-state index in [-0.39, 0.29) is 23.8 Å². The van der Waals surface area contributed by atoms with Crippen LogP contribution in [0, 0.1) is 6.92 Å². The smallest absolute Gasteiger partial charge is 0.264 e. The van der Waals surface area contributed by atoms with Gasteiger partial charge < -0.3 is 15.0 Å². The van der Waals surface area contributed by atoms with Crippen molar-refractivity contribution in [3.05, 3.63) is 124 Å². The number of benzene rings is 4. The molecule has 2 amide bonds. The number of rotatable bonds is 16. The Bertz CT molecular complexity index is 1700. The first-order chi connectivity index (χ1) is 22.6. The zero-order chi connectivity index (χ0) is 33.8. The number of nitrogens with one attached hydrogen (secondary N) is 1. The standard InChI is InChI=1S/C37H42BrN3O5S/c1-4-6-24-39-37(43)35(25-29-10-8-7-9-11-29)40(26-30-14-16-31(38)17-15-30)36(42)27-41(32-18-20-33(21-19-32)46-5-2)47(44,45)34-22-12-28(3)13-23-34/h7-23,35H,4-6,24-27H2,1-3H3,(H,39,43)/t35-/m0/s1. The van der Waals surface area contributed by atoms with Crippen LogP contribution in [0.15, 0.2) is 112 Å². The minimum atomic E-state index is -4.19. The van der Waals surface area contributed by atoms with Gasteiger partial charge in [-0.05, 0) is 79.9 Å². The molecule has 8 nitrogen and oxygen atoms in total. The van der Waals surface area contributed by atoms with Crippen LogP contribution in [0.25, 0.3) is 0 Å². The van der Waals surface area contributed by atoms with Crippen LogP contribution in [0.3, 0.4) is 0 Å². The van der Waals surface area contributed by atoms with Crippen molar-refractivity contribution in [3.8, 4) is 5.75 Å². The number of unbranched alkanes of at least 4 members (excludes halogenated alkanes) is 1. The Kier molecular flexibility index (Phi) is 13.0. The summed E-state index contributed by atoms with van der Waals surface area (Å²) in [6, 6.07) is 29.3. The molecule has 47 heavy (non-hydrogen) atoms. The van der Waals surface area contributed by atoms with E-state index in [2.05, 4.69) is 21.2 Å². The summed E-state index contributed by atoms with van der Waals surface area (Å²) in [6.45, 7) is 6.30. The summed E-state index contributed by atoms with van der Waals surface area (Å²) in [5.74, 6) is -0.218. The third-order valence-electron chi connectivity index (χ3n) is 7.69. The first kappa shape index (κ1) is 35.7. The highest BCUT2D eigenvalue weighted by Gasteiger charge is 2.34. The first-order valence-electron chi connectivity index (χ1n) is 15.8. The third kappa shape index (κ3) is 9.92. The van der Waals surface area contributed by atoms with Crippen molar-refractivity contribution in [2.45, 2.75) is 57.5 Å². The number of amides is 2. The highest BCUT2D eigenvalue weighted by Crippen LogP contribution is 2.27. The summed E-state index contributed by atoms with van der Waals surface area (Å²) in [5.41, 5.74) is 2.89. The van der Waals surface area contributed by atoms with Crippen LogP contribution < -0.4 is 14.4 Å². The molecule has 0 heterocycles. The molecule has 0 saturated heterocycles. The van der Waals surface area contributed by atoms with Gasteiger partial charge in [0.15, 0.2) is 0 Å². The second kappa shape index (κ2) is 17.1. The van der Waals surface area contributed by atoms with Crippen LogP contribution in [0.5, 0.6) is 5.75 Å². The molecule has 0 aliphatic heterocycles. The van der Waals surface area contributed by atoms with Crippen molar-refractivity contribution in [2.75, 3.05) is 24.0 Å². The number of nitrogens with zero attached hydrogens (tertiary/aromatic N) is 2. The molecule has 0 saturated carbocycles. The van der Waals surface area contributed by atoms with Crippen molar-refractivity contribution in [1.29, 1.82) is 0 Å². The lowest BCUT2D eigenvalue weighted by molar-refractivity contribution is -0.140. The monoisotopic (exact) mass is 719 g/mol. The summed E-state index contributed by atoms with van der Waals surface area (Å²) in [5, 5.41) is 3.01. The molecule has 0 unspecified atom stereocenters. The van der Waals surface area contributed by atoms with Gasteiger partial charge >= 0.3 is 0 Å². The molecule has 4 aromatic rings. The SMILES string of the molecule is CCCCNC(=O)[C@H](Cc1ccccc1)N(Cc1ccc(Br)cc1)C(=O)CN(c1ccc(OCC)cc1)S(=O)(=O)c1ccc(C)cc1. The zero-order valence-corrected chi connectivity index (χ0v) is 29.5. The highest BCUT2D eigenvalue weighted by atomic mass is 79.9. The fraction of sp³-hybridized carbons (Fsp3) is 0.297. The number of aryl methyl sites for hydroxylation is 1. The number of carbonyl (C=O) groups is 2. The van der Waals surface area contributed by atoms with Gasteiger partial charge in [-0.25, -0.2) is 8.42 Å². The topological polar surface area (TPSA) is 96.0 Å². The van der Waals surface area contributed by atoms with Crippen LogP contribution in [0.4, 0.5) is 5.69 Å². The predicted octanol–water partition coefficient (Wildman–Crippen LogP) is 6.91. The van der Waals surface area contributed by atoms with Crippen molar-refractivity contribution in [2.24, 2.45) is 0 Å². The summed E-state index contributed by atoms with van der Waals surface area (Å²) in [4.78, 5) is 30.0. The van der Waals surface area contributed by atoms with Crippen molar-refractivity contribution < 1.29 is 22.7 Å². The van der Waals surface area contributed by atoms with E-state index in [1.54, 1.807) is 36.4 Å². The molecule has 10 heteroatoms. The Morgan fingerprint density at radius 3 is 2.13 bits per heavy atom. The molecule has 4 aromatic carbocycles. The van der Waals surface area contributed by atoms with E-state index in [0.29, 0.717) is 24.6 Å². The van der Waals surface area contributed by atoms with Gasteiger partial charge in [-0.1, -0.05) is 89.4 Å². The second-order valence-electron chi connectivity index (χ2n) is 11.2. The number of halogens is 1. The van der Waals surface area contributed by atoms with E-state index in [9.17, 15) is 18.0 Å². The molecular weight excluding hydrogens is 678 g/mol. The number of sulfonamides is 1. The number of anilines is 1. The van der Waals surface area contributed by atoms with E-state index in [0.717, 1.165) is 38.3 Å². The van der Waals surface area contributed by atoms with Crippen LogP contribution in [-0.2, 0) is 32.6 Å². The Balaban J connectivity index is 1.78. The van der Waals surface area contributed by atoms with E-state index in [4.69, 9.17) is 4.74 Å². The zero-order valence-electron chi connectivity index (χ0n) is 27.1. The molecule has 0 aliphatic carbocycles. The number of ether oxygens (including phenoxy) is 1. The molecule has 0 spiro atoms. The maximum atomic E-state index is 14.6. The van der Waals surface area contributed by atoms with Crippen LogP contribution in [-0.4, -0.2) is 50.9 Å². The fourth-order valence-electron chi connectivity index (χ4n) is 5.09. The van der Waals surface area contributed by atoms with Gasteiger partial charge in [0, 0.05) is 24.0 Å². The van der Waals surface area contributed by atoms with Crippen molar-refractivity contribution >= 4 is 43.5 Å². The highest BCUT2D eigenvalue weighted by molar-refractivity contribution is 9.10. The lowest BCUT2D eigenvalue weighted by atomic mass is 10.0. The molecule has 248 valence electrons. The second-order valence-corrected chi connectivity index (χ2v) is 14.0. The van der Waals surface area contributed by atoms with Crippen molar-refractivity contribution in [3.63, 3.8) is 0 Å². The maximum Gasteiger partial charge on any atom is 0.264 e. The summed E-state index contributed by atoms with van der Waals surface area (Å²) >= 11 is 3.47. The molecule has 1 atom stereocenters. The Hall–Kier alpha value is -4.15. The molecule has 0 fully saturated rings.